The third-order valence-electron chi connectivity index (χ3n) is 5.18. The summed E-state index contributed by atoms with van der Waals surface area (Å²) in [6.07, 6.45) is 0. The minimum absolute atomic E-state index is 0.00620. The molecule has 148 valence electrons. The number of aromatic hydroxyl groups is 1. The minimum atomic E-state index is -0.473. The highest BCUT2D eigenvalue weighted by atomic mass is 16.7. The number of phenols is 1. The number of cyclic esters (lactones) is 1. The van der Waals surface area contributed by atoms with Crippen molar-refractivity contribution in [2.75, 3.05) is 20.5 Å². The lowest BCUT2D eigenvalue weighted by atomic mass is 9.89. The number of methoxy groups -OCH3 is 1. The highest BCUT2D eigenvalue weighted by molar-refractivity contribution is 6.13. The molecule has 7 heteroatoms. The summed E-state index contributed by atoms with van der Waals surface area (Å²) in [5.41, 5.74) is 2.21. The molecule has 0 radical (unpaired) electrons. The molecule has 1 N–H and O–H groups in total. The van der Waals surface area contributed by atoms with E-state index in [1.165, 1.54) is 0 Å². The summed E-state index contributed by atoms with van der Waals surface area (Å²) in [7, 11) is 1.54. The van der Waals surface area contributed by atoms with E-state index in [1.807, 2.05) is 19.1 Å². The van der Waals surface area contributed by atoms with Crippen LogP contribution in [0.1, 0.15) is 22.8 Å². The molecule has 0 spiro atoms. The Labute approximate surface area is 166 Å². The second kappa shape index (κ2) is 6.48. The second-order valence-electron chi connectivity index (χ2n) is 6.70. The predicted molar refractivity (Wildman–Crippen MR) is 104 cm³/mol. The zero-order valence-electron chi connectivity index (χ0n) is 15.9. The average Bonchev–Trinajstić information content (AvgIpc) is 3.35. The summed E-state index contributed by atoms with van der Waals surface area (Å²) in [6, 6.07) is 8.98. The molecule has 0 atom stereocenters. The maximum absolute atomic E-state index is 12.6. The van der Waals surface area contributed by atoms with Gasteiger partial charge in [0.2, 0.25) is 6.79 Å². The van der Waals surface area contributed by atoms with Crippen molar-refractivity contribution in [2.24, 2.45) is 0 Å². The van der Waals surface area contributed by atoms with Crippen LogP contribution in [-0.2, 0) is 11.3 Å². The lowest BCUT2D eigenvalue weighted by Crippen LogP contribution is -2.01. The van der Waals surface area contributed by atoms with Crippen molar-refractivity contribution in [3.63, 3.8) is 0 Å². The molecule has 2 aliphatic heterocycles. The number of carbonyl (C=O) groups excluding carboxylic acids is 1. The first-order valence-corrected chi connectivity index (χ1v) is 9.21. The smallest absolute Gasteiger partial charge is 0.339 e. The number of hydrogen-bond acceptors (Lipinski definition) is 7. The summed E-state index contributed by atoms with van der Waals surface area (Å²) in [5, 5.41) is 12.1. The van der Waals surface area contributed by atoms with E-state index in [-0.39, 0.29) is 19.1 Å². The van der Waals surface area contributed by atoms with Crippen LogP contribution in [0.25, 0.3) is 21.9 Å². The Balaban J connectivity index is 1.88. The first kappa shape index (κ1) is 17.5. The Morgan fingerprint density at radius 1 is 1.00 bits per heavy atom. The molecule has 0 saturated carbocycles. The van der Waals surface area contributed by atoms with Crippen molar-refractivity contribution >= 4 is 16.7 Å². The van der Waals surface area contributed by atoms with Gasteiger partial charge < -0.3 is 28.8 Å². The first-order valence-electron chi connectivity index (χ1n) is 9.21. The highest BCUT2D eigenvalue weighted by Gasteiger charge is 2.32. The Morgan fingerprint density at radius 2 is 1.79 bits per heavy atom. The number of esters is 1. The summed E-state index contributed by atoms with van der Waals surface area (Å²) in [5.74, 6) is 1.80. The van der Waals surface area contributed by atoms with Gasteiger partial charge in [-0.1, -0.05) is 6.07 Å². The van der Waals surface area contributed by atoms with Crippen molar-refractivity contribution in [3.05, 3.63) is 41.5 Å². The van der Waals surface area contributed by atoms with Crippen molar-refractivity contribution in [2.45, 2.75) is 13.5 Å². The molecule has 0 bridgehead atoms. The van der Waals surface area contributed by atoms with E-state index in [1.54, 1.807) is 25.3 Å². The molecule has 2 aliphatic rings. The van der Waals surface area contributed by atoms with Gasteiger partial charge in [0.05, 0.1) is 19.3 Å². The summed E-state index contributed by atoms with van der Waals surface area (Å²) in [4.78, 5) is 12.6. The van der Waals surface area contributed by atoms with E-state index in [4.69, 9.17) is 23.7 Å². The number of benzene rings is 3. The number of hydrogen-bond donors (Lipinski definition) is 1. The molecule has 0 aliphatic carbocycles. The quantitative estimate of drug-likeness (QED) is 0.669. The van der Waals surface area contributed by atoms with Gasteiger partial charge in [-0.3, -0.25) is 0 Å². The summed E-state index contributed by atoms with van der Waals surface area (Å²) >= 11 is 0. The van der Waals surface area contributed by atoms with Crippen LogP contribution >= 0.6 is 0 Å². The van der Waals surface area contributed by atoms with E-state index < -0.39 is 5.97 Å². The molecule has 0 saturated heterocycles. The van der Waals surface area contributed by atoms with Crippen LogP contribution in [0.4, 0.5) is 0 Å². The van der Waals surface area contributed by atoms with Crippen LogP contribution < -0.4 is 18.9 Å². The number of carbonyl (C=O) groups is 1. The third kappa shape index (κ3) is 2.54. The second-order valence-corrected chi connectivity index (χ2v) is 6.70. The molecule has 5 rings (SSSR count). The van der Waals surface area contributed by atoms with Crippen LogP contribution in [-0.4, -0.2) is 31.6 Å². The van der Waals surface area contributed by atoms with Crippen LogP contribution in [0.5, 0.6) is 28.7 Å². The van der Waals surface area contributed by atoms with Gasteiger partial charge in [0.25, 0.3) is 0 Å². The van der Waals surface area contributed by atoms with Gasteiger partial charge >= 0.3 is 5.97 Å². The average molecular weight is 394 g/mol. The molecule has 2 heterocycles. The molecule has 0 aromatic heterocycles. The third-order valence-corrected chi connectivity index (χ3v) is 5.18. The Kier molecular flexibility index (Phi) is 3.91. The van der Waals surface area contributed by atoms with Gasteiger partial charge in [0.15, 0.2) is 23.0 Å². The van der Waals surface area contributed by atoms with E-state index in [9.17, 15) is 9.90 Å². The number of fused-ring (bicyclic) bond motifs is 3. The van der Waals surface area contributed by atoms with Gasteiger partial charge in [-0.05, 0) is 42.1 Å². The van der Waals surface area contributed by atoms with Crippen LogP contribution in [0.2, 0.25) is 0 Å². The van der Waals surface area contributed by atoms with Crippen molar-refractivity contribution < 1.29 is 33.6 Å². The van der Waals surface area contributed by atoms with Crippen LogP contribution in [0.3, 0.4) is 0 Å². The molecule has 0 unspecified atom stereocenters. The van der Waals surface area contributed by atoms with Gasteiger partial charge in [0.1, 0.15) is 12.4 Å². The molecule has 29 heavy (non-hydrogen) atoms. The molecular formula is C22H18O7. The van der Waals surface area contributed by atoms with E-state index in [0.717, 1.165) is 5.56 Å². The Morgan fingerprint density at radius 3 is 2.59 bits per heavy atom. The van der Waals surface area contributed by atoms with Crippen LogP contribution in [0.15, 0.2) is 30.3 Å². The predicted octanol–water partition coefficient (Wildman–Crippen LogP) is 4.02. The number of phenolic OH excluding ortho intramolecular Hbond substituents is 1. The fourth-order valence-electron chi connectivity index (χ4n) is 3.88. The maximum atomic E-state index is 12.6. The van der Waals surface area contributed by atoms with E-state index >= 15 is 0 Å². The zero-order chi connectivity index (χ0) is 20.1. The minimum Gasteiger partial charge on any atom is -0.507 e. The summed E-state index contributed by atoms with van der Waals surface area (Å²) in [6.45, 7) is 2.49. The number of rotatable bonds is 4. The van der Waals surface area contributed by atoms with Crippen LogP contribution in [0, 0.1) is 0 Å². The normalized spacial score (nSPS) is 14.1. The fourth-order valence-corrected chi connectivity index (χ4v) is 3.88. The number of ether oxygens (including phenoxy) is 5. The molecule has 0 fully saturated rings. The van der Waals surface area contributed by atoms with Gasteiger partial charge in [-0.2, -0.15) is 0 Å². The fraction of sp³-hybridized carbons (Fsp3) is 0.227. The lowest BCUT2D eigenvalue weighted by molar-refractivity contribution is 0.0535. The summed E-state index contributed by atoms with van der Waals surface area (Å²) < 4.78 is 27.3. The Hall–Kier alpha value is -3.61. The topological polar surface area (TPSA) is 83.5 Å². The standard InChI is InChI=1S/C22H18O7/c1-3-26-18-7-12-13(8-16(18)25-2)21(23)14-9-27-22(24)20(14)19(12)11-4-5-15-17(6-11)29-10-28-15/h4-8,23H,3,9-10H2,1-2H3. The molecule has 3 aromatic rings. The largest absolute Gasteiger partial charge is 0.507 e. The Bertz CT molecular complexity index is 1170. The zero-order valence-corrected chi connectivity index (χ0v) is 15.9. The molecule has 0 amide bonds. The maximum Gasteiger partial charge on any atom is 0.339 e. The van der Waals surface area contributed by atoms with E-state index in [2.05, 4.69) is 0 Å². The molecular weight excluding hydrogens is 376 g/mol. The van der Waals surface area contributed by atoms with Gasteiger partial charge in [-0.25, -0.2) is 4.79 Å². The highest BCUT2D eigenvalue weighted by Crippen LogP contribution is 2.48. The van der Waals surface area contributed by atoms with Crippen molar-refractivity contribution in [3.8, 4) is 39.9 Å². The van der Waals surface area contributed by atoms with Crippen molar-refractivity contribution in [1.29, 1.82) is 0 Å². The van der Waals surface area contributed by atoms with Crippen molar-refractivity contribution in [1.82, 2.24) is 0 Å². The van der Waals surface area contributed by atoms with E-state index in [0.29, 0.717) is 57.1 Å². The first-order chi connectivity index (χ1) is 14.1. The van der Waals surface area contributed by atoms with Gasteiger partial charge in [0, 0.05) is 16.5 Å². The van der Waals surface area contributed by atoms with Gasteiger partial charge in [-0.15, -0.1) is 0 Å². The SMILES string of the molecule is CCOc1cc2c(-c3ccc4c(c3)OCO4)c3c(c(O)c2cc1OC)COC3=O. The monoisotopic (exact) mass is 394 g/mol. The molecule has 3 aromatic carbocycles. The molecule has 7 nitrogen and oxygen atoms in total. The lowest BCUT2D eigenvalue weighted by Gasteiger charge is -2.17.